The molecule has 3 aromatic rings. The van der Waals surface area contributed by atoms with Crippen LogP contribution in [0.4, 0.5) is 5.69 Å². The molecule has 0 saturated heterocycles. The molecular weight excluding hydrogens is 286 g/mol. The van der Waals surface area contributed by atoms with Gasteiger partial charge in [-0.25, -0.2) is 0 Å². The Bertz CT molecular complexity index is 823. The van der Waals surface area contributed by atoms with Gasteiger partial charge in [0.15, 0.2) is 0 Å². The second-order valence-electron chi connectivity index (χ2n) is 4.52. The first-order chi connectivity index (χ1) is 10.2. The molecular formula is C16H12ClN3O. The maximum Gasteiger partial charge on any atom is 0.248 e. The number of nitrogens with zero attached hydrogens (tertiary/aromatic N) is 1. The zero-order valence-corrected chi connectivity index (χ0v) is 11.8. The van der Waals surface area contributed by atoms with Gasteiger partial charge in [-0.2, -0.15) is 5.10 Å². The third kappa shape index (κ3) is 3.12. The van der Waals surface area contributed by atoms with Crippen molar-refractivity contribution in [3.63, 3.8) is 0 Å². The van der Waals surface area contributed by atoms with Crippen LogP contribution in [0, 0.1) is 0 Å². The number of aromatic amines is 1. The van der Waals surface area contributed by atoms with Crippen LogP contribution < -0.4 is 5.32 Å². The van der Waals surface area contributed by atoms with Crippen LogP contribution in [-0.4, -0.2) is 16.1 Å². The number of aromatic nitrogens is 2. The average molecular weight is 298 g/mol. The molecule has 1 amide bonds. The number of hydrogen-bond donors (Lipinski definition) is 2. The van der Waals surface area contributed by atoms with Gasteiger partial charge in [0, 0.05) is 22.2 Å². The summed E-state index contributed by atoms with van der Waals surface area (Å²) in [5, 5.41) is 11.2. The van der Waals surface area contributed by atoms with E-state index >= 15 is 0 Å². The molecule has 0 saturated carbocycles. The first kappa shape index (κ1) is 13.4. The van der Waals surface area contributed by atoms with Crippen LogP contribution in [0.15, 0.2) is 54.7 Å². The van der Waals surface area contributed by atoms with E-state index < -0.39 is 0 Å². The molecule has 104 valence electrons. The molecule has 0 aliphatic heterocycles. The Kier molecular flexibility index (Phi) is 3.71. The van der Waals surface area contributed by atoms with E-state index in [4.69, 9.17) is 11.6 Å². The molecule has 2 N–H and O–H groups in total. The maximum absolute atomic E-state index is 11.9. The van der Waals surface area contributed by atoms with Gasteiger partial charge in [0.1, 0.15) is 0 Å². The summed E-state index contributed by atoms with van der Waals surface area (Å²) in [5.41, 5.74) is 2.39. The van der Waals surface area contributed by atoms with Gasteiger partial charge in [-0.05, 0) is 35.9 Å². The zero-order chi connectivity index (χ0) is 14.7. The van der Waals surface area contributed by atoms with Crippen LogP contribution in [0.2, 0.25) is 5.02 Å². The maximum atomic E-state index is 11.9. The molecule has 21 heavy (non-hydrogen) atoms. The van der Waals surface area contributed by atoms with E-state index in [0.717, 1.165) is 16.5 Å². The highest BCUT2D eigenvalue weighted by Gasteiger charge is 2.01. The third-order valence-electron chi connectivity index (χ3n) is 3.03. The molecule has 0 aliphatic carbocycles. The van der Waals surface area contributed by atoms with Crippen molar-refractivity contribution in [2.45, 2.75) is 0 Å². The largest absolute Gasteiger partial charge is 0.322 e. The van der Waals surface area contributed by atoms with Crippen LogP contribution in [0.3, 0.4) is 0 Å². The number of anilines is 1. The van der Waals surface area contributed by atoms with Crippen molar-refractivity contribution >= 4 is 40.2 Å². The van der Waals surface area contributed by atoms with Gasteiger partial charge in [-0.3, -0.25) is 9.89 Å². The molecule has 0 aliphatic rings. The monoisotopic (exact) mass is 297 g/mol. The number of benzene rings is 2. The minimum absolute atomic E-state index is 0.214. The lowest BCUT2D eigenvalue weighted by Crippen LogP contribution is -2.07. The van der Waals surface area contributed by atoms with E-state index in [-0.39, 0.29) is 5.91 Å². The number of fused-ring (bicyclic) bond motifs is 1. The molecule has 0 bridgehead atoms. The van der Waals surface area contributed by atoms with Gasteiger partial charge in [0.2, 0.25) is 5.91 Å². The highest BCUT2D eigenvalue weighted by atomic mass is 35.5. The van der Waals surface area contributed by atoms with Crippen molar-refractivity contribution in [2.24, 2.45) is 0 Å². The fourth-order valence-electron chi connectivity index (χ4n) is 1.97. The third-order valence-corrected chi connectivity index (χ3v) is 3.37. The van der Waals surface area contributed by atoms with Crippen molar-refractivity contribution in [3.8, 4) is 0 Å². The summed E-state index contributed by atoms with van der Waals surface area (Å²) >= 11 is 6.03. The Balaban J connectivity index is 1.72. The molecule has 5 heteroatoms. The Labute approximate surface area is 126 Å². The lowest BCUT2D eigenvalue weighted by Gasteiger charge is -2.02. The molecule has 4 nitrogen and oxygen atoms in total. The van der Waals surface area contributed by atoms with E-state index in [9.17, 15) is 4.79 Å². The predicted octanol–water partition coefficient (Wildman–Crippen LogP) is 3.87. The highest BCUT2D eigenvalue weighted by molar-refractivity contribution is 6.32. The number of rotatable bonds is 3. The summed E-state index contributed by atoms with van der Waals surface area (Å²) in [5.74, 6) is -0.214. The lowest BCUT2D eigenvalue weighted by molar-refractivity contribution is -0.111. The second-order valence-corrected chi connectivity index (χ2v) is 4.92. The van der Waals surface area contributed by atoms with Gasteiger partial charge in [-0.15, -0.1) is 0 Å². The smallest absolute Gasteiger partial charge is 0.248 e. The molecule has 0 radical (unpaired) electrons. The molecule has 0 fully saturated rings. The fraction of sp³-hybridized carbons (Fsp3) is 0. The number of hydrogen-bond acceptors (Lipinski definition) is 2. The second kappa shape index (κ2) is 5.81. The molecule has 0 spiro atoms. The van der Waals surface area contributed by atoms with Crippen molar-refractivity contribution in [2.75, 3.05) is 5.32 Å². The fourth-order valence-corrected chi connectivity index (χ4v) is 2.17. The van der Waals surface area contributed by atoms with E-state index in [1.54, 1.807) is 18.3 Å². The standard InChI is InChI=1S/C16H12ClN3O/c17-14-4-2-1-3-11(14)6-8-16(21)19-13-7-5-12-10-18-20-15(12)9-13/h1-10H,(H,18,20)(H,19,21)/b8-6+. The number of nitrogens with one attached hydrogen (secondary N) is 2. The van der Waals surface area contributed by atoms with E-state index in [2.05, 4.69) is 15.5 Å². The Morgan fingerprint density at radius 3 is 2.95 bits per heavy atom. The van der Waals surface area contributed by atoms with Gasteiger partial charge in [0.05, 0.1) is 11.7 Å². The van der Waals surface area contributed by atoms with Crippen LogP contribution in [-0.2, 0) is 4.79 Å². The van der Waals surface area contributed by atoms with Crippen molar-refractivity contribution in [3.05, 3.63) is 65.3 Å². The van der Waals surface area contributed by atoms with Gasteiger partial charge >= 0.3 is 0 Å². The first-order valence-corrected chi connectivity index (χ1v) is 6.77. The summed E-state index contributed by atoms with van der Waals surface area (Å²) in [4.78, 5) is 11.9. The number of carbonyl (C=O) groups is 1. The normalized spacial score (nSPS) is 11.1. The summed E-state index contributed by atoms with van der Waals surface area (Å²) in [6, 6.07) is 12.9. The summed E-state index contributed by atoms with van der Waals surface area (Å²) < 4.78 is 0. The van der Waals surface area contributed by atoms with Gasteiger partial charge < -0.3 is 5.32 Å². The Morgan fingerprint density at radius 1 is 1.24 bits per heavy atom. The summed E-state index contributed by atoms with van der Waals surface area (Å²) in [6.07, 6.45) is 4.88. The topological polar surface area (TPSA) is 57.8 Å². The van der Waals surface area contributed by atoms with Crippen molar-refractivity contribution in [1.29, 1.82) is 0 Å². The molecule has 1 heterocycles. The van der Waals surface area contributed by atoms with Crippen LogP contribution in [0.5, 0.6) is 0 Å². The minimum Gasteiger partial charge on any atom is -0.322 e. The van der Waals surface area contributed by atoms with E-state index in [0.29, 0.717) is 10.7 Å². The number of amides is 1. The van der Waals surface area contributed by atoms with Crippen molar-refractivity contribution < 1.29 is 4.79 Å². The van der Waals surface area contributed by atoms with E-state index in [1.165, 1.54) is 6.08 Å². The number of carbonyl (C=O) groups excluding carboxylic acids is 1. The Morgan fingerprint density at radius 2 is 2.10 bits per heavy atom. The molecule has 0 unspecified atom stereocenters. The molecule has 1 aromatic heterocycles. The number of H-pyrrole nitrogens is 1. The summed E-state index contributed by atoms with van der Waals surface area (Å²) in [6.45, 7) is 0. The first-order valence-electron chi connectivity index (χ1n) is 6.39. The highest BCUT2D eigenvalue weighted by Crippen LogP contribution is 2.18. The van der Waals surface area contributed by atoms with Crippen LogP contribution in [0.25, 0.3) is 17.0 Å². The Hall–Kier alpha value is -2.59. The minimum atomic E-state index is -0.214. The SMILES string of the molecule is O=C(/C=C/c1ccccc1Cl)Nc1ccc2cn[nH]c2c1. The van der Waals surface area contributed by atoms with Gasteiger partial charge in [-0.1, -0.05) is 29.8 Å². The predicted molar refractivity (Wildman–Crippen MR) is 85.2 cm³/mol. The number of halogens is 1. The molecule has 2 aromatic carbocycles. The zero-order valence-electron chi connectivity index (χ0n) is 11.0. The van der Waals surface area contributed by atoms with Crippen molar-refractivity contribution in [1.82, 2.24) is 10.2 Å². The quantitative estimate of drug-likeness (QED) is 0.721. The lowest BCUT2D eigenvalue weighted by atomic mass is 10.2. The average Bonchev–Trinajstić information content (AvgIpc) is 2.94. The van der Waals surface area contributed by atoms with E-state index in [1.807, 2.05) is 36.4 Å². The van der Waals surface area contributed by atoms with Crippen LogP contribution in [0.1, 0.15) is 5.56 Å². The summed E-state index contributed by atoms with van der Waals surface area (Å²) in [7, 11) is 0. The van der Waals surface area contributed by atoms with Gasteiger partial charge in [0.25, 0.3) is 0 Å². The van der Waals surface area contributed by atoms with Crippen LogP contribution >= 0.6 is 11.6 Å². The molecule has 0 atom stereocenters. The molecule has 3 rings (SSSR count).